The lowest BCUT2D eigenvalue weighted by atomic mass is 10.1. The molecule has 0 bridgehead atoms. The van der Waals surface area contributed by atoms with E-state index in [1.54, 1.807) is 23.5 Å². The van der Waals surface area contributed by atoms with E-state index in [0.717, 1.165) is 0 Å². The fraction of sp³-hybridized carbons (Fsp3) is 0.286. The molecule has 0 spiro atoms. The van der Waals surface area contributed by atoms with Gasteiger partial charge in [-0.25, -0.2) is 0 Å². The fourth-order valence-corrected chi connectivity index (χ4v) is 2.60. The molecule has 2 rings (SSSR count). The van der Waals surface area contributed by atoms with Gasteiger partial charge in [0.25, 0.3) is 0 Å². The summed E-state index contributed by atoms with van der Waals surface area (Å²) in [4.78, 5) is 1.34. The minimum atomic E-state index is 0.271. The SMILES string of the molecule is CC(N[C@@H](C)c1cccs1)c1ccc(O)cc1. The lowest BCUT2D eigenvalue weighted by Crippen LogP contribution is -2.21. The number of thiophene rings is 1. The first-order valence-electron chi connectivity index (χ1n) is 5.75. The van der Waals surface area contributed by atoms with Crippen LogP contribution in [0.15, 0.2) is 41.8 Å². The Hall–Kier alpha value is -1.32. The minimum Gasteiger partial charge on any atom is -0.508 e. The highest BCUT2D eigenvalue weighted by Gasteiger charge is 2.11. The van der Waals surface area contributed by atoms with E-state index < -0.39 is 0 Å². The molecule has 0 aliphatic rings. The predicted octanol–water partition coefficient (Wildman–Crippen LogP) is 3.87. The number of phenols is 1. The number of rotatable bonds is 4. The van der Waals surface area contributed by atoms with E-state index in [1.165, 1.54) is 10.4 Å². The van der Waals surface area contributed by atoms with Crippen LogP contribution >= 0.6 is 11.3 Å². The maximum atomic E-state index is 9.25. The molecule has 17 heavy (non-hydrogen) atoms. The third-order valence-electron chi connectivity index (χ3n) is 2.86. The highest BCUT2D eigenvalue weighted by atomic mass is 32.1. The lowest BCUT2D eigenvalue weighted by Gasteiger charge is -2.19. The number of hydrogen-bond donors (Lipinski definition) is 2. The van der Waals surface area contributed by atoms with Crippen LogP contribution in [0.25, 0.3) is 0 Å². The molecule has 1 aromatic carbocycles. The van der Waals surface area contributed by atoms with Crippen LogP contribution in [0.2, 0.25) is 0 Å². The predicted molar refractivity (Wildman–Crippen MR) is 72.4 cm³/mol. The van der Waals surface area contributed by atoms with Crippen molar-refractivity contribution in [1.82, 2.24) is 5.32 Å². The van der Waals surface area contributed by atoms with E-state index in [-0.39, 0.29) is 6.04 Å². The van der Waals surface area contributed by atoms with Gasteiger partial charge in [0.2, 0.25) is 0 Å². The number of benzene rings is 1. The zero-order chi connectivity index (χ0) is 12.3. The van der Waals surface area contributed by atoms with Crippen molar-refractivity contribution in [1.29, 1.82) is 0 Å². The van der Waals surface area contributed by atoms with Gasteiger partial charge in [0.05, 0.1) is 0 Å². The molecular weight excluding hydrogens is 230 g/mol. The summed E-state index contributed by atoms with van der Waals surface area (Å²) < 4.78 is 0. The van der Waals surface area contributed by atoms with Crippen LogP contribution in [0.3, 0.4) is 0 Å². The lowest BCUT2D eigenvalue weighted by molar-refractivity contribution is 0.472. The Morgan fingerprint density at radius 3 is 2.35 bits per heavy atom. The van der Waals surface area contributed by atoms with Gasteiger partial charge in [-0.15, -0.1) is 11.3 Å². The Labute approximate surface area is 106 Å². The summed E-state index contributed by atoms with van der Waals surface area (Å²) in [5, 5.41) is 14.9. The van der Waals surface area contributed by atoms with Crippen molar-refractivity contribution in [3.05, 3.63) is 52.2 Å². The van der Waals surface area contributed by atoms with Gasteiger partial charge >= 0.3 is 0 Å². The van der Waals surface area contributed by atoms with Gasteiger partial charge in [0, 0.05) is 17.0 Å². The molecule has 0 saturated heterocycles. The third kappa shape index (κ3) is 3.08. The molecule has 0 amide bonds. The zero-order valence-electron chi connectivity index (χ0n) is 10.1. The van der Waals surface area contributed by atoms with Gasteiger partial charge < -0.3 is 10.4 Å². The Morgan fingerprint density at radius 2 is 1.76 bits per heavy atom. The number of hydrogen-bond acceptors (Lipinski definition) is 3. The molecule has 1 unspecified atom stereocenters. The first-order valence-corrected chi connectivity index (χ1v) is 6.63. The van der Waals surface area contributed by atoms with Crippen LogP contribution in [0.1, 0.15) is 36.4 Å². The van der Waals surface area contributed by atoms with Gasteiger partial charge in [-0.1, -0.05) is 18.2 Å². The standard InChI is InChI=1S/C14H17NOS/c1-10(12-5-7-13(16)8-6-12)15-11(2)14-4-3-9-17-14/h3-11,15-16H,1-2H3/t10?,11-/m0/s1. The Bertz CT molecular complexity index is 450. The maximum Gasteiger partial charge on any atom is 0.115 e. The molecule has 2 nitrogen and oxygen atoms in total. The molecule has 0 fully saturated rings. The molecule has 0 aliphatic heterocycles. The van der Waals surface area contributed by atoms with Crippen molar-refractivity contribution < 1.29 is 5.11 Å². The molecule has 0 radical (unpaired) electrons. The van der Waals surface area contributed by atoms with Gasteiger partial charge in [-0.3, -0.25) is 0 Å². The molecular formula is C14H17NOS. The molecule has 0 aliphatic carbocycles. The van der Waals surface area contributed by atoms with E-state index in [1.807, 2.05) is 12.1 Å². The summed E-state index contributed by atoms with van der Waals surface area (Å²) in [6, 6.07) is 12.2. The van der Waals surface area contributed by atoms with E-state index in [2.05, 4.69) is 36.7 Å². The summed E-state index contributed by atoms with van der Waals surface area (Å²) in [5.41, 5.74) is 1.19. The molecule has 1 heterocycles. The fourth-order valence-electron chi connectivity index (χ4n) is 1.85. The maximum absolute atomic E-state index is 9.25. The smallest absolute Gasteiger partial charge is 0.115 e. The van der Waals surface area contributed by atoms with Crippen molar-refractivity contribution in [2.24, 2.45) is 0 Å². The van der Waals surface area contributed by atoms with Crippen molar-refractivity contribution in [3.63, 3.8) is 0 Å². The van der Waals surface area contributed by atoms with Crippen LogP contribution < -0.4 is 5.32 Å². The normalized spacial score (nSPS) is 14.5. The largest absolute Gasteiger partial charge is 0.508 e. The summed E-state index contributed by atoms with van der Waals surface area (Å²) >= 11 is 1.77. The van der Waals surface area contributed by atoms with Gasteiger partial charge in [-0.05, 0) is 43.0 Å². The minimum absolute atomic E-state index is 0.271. The first-order chi connectivity index (χ1) is 8.16. The van der Waals surface area contributed by atoms with Gasteiger partial charge in [0.15, 0.2) is 0 Å². The summed E-state index contributed by atoms with van der Waals surface area (Å²) in [6.45, 7) is 4.30. The zero-order valence-corrected chi connectivity index (χ0v) is 10.9. The highest BCUT2D eigenvalue weighted by molar-refractivity contribution is 7.10. The average molecular weight is 247 g/mol. The van der Waals surface area contributed by atoms with Crippen molar-refractivity contribution in [2.75, 3.05) is 0 Å². The summed E-state index contributed by atoms with van der Waals surface area (Å²) in [7, 11) is 0. The summed E-state index contributed by atoms with van der Waals surface area (Å²) in [6.07, 6.45) is 0. The van der Waals surface area contributed by atoms with E-state index in [4.69, 9.17) is 0 Å². The number of nitrogens with one attached hydrogen (secondary N) is 1. The number of phenolic OH excluding ortho intramolecular Hbond substituents is 1. The van der Waals surface area contributed by atoms with Crippen LogP contribution in [0.5, 0.6) is 5.75 Å². The van der Waals surface area contributed by atoms with Gasteiger partial charge in [-0.2, -0.15) is 0 Å². The third-order valence-corrected chi connectivity index (χ3v) is 3.92. The second kappa shape index (κ2) is 5.34. The topological polar surface area (TPSA) is 32.3 Å². The van der Waals surface area contributed by atoms with Crippen LogP contribution in [0, 0.1) is 0 Å². The molecule has 3 heteroatoms. The second-order valence-corrected chi connectivity index (χ2v) is 5.20. The number of aromatic hydroxyl groups is 1. The van der Waals surface area contributed by atoms with Crippen molar-refractivity contribution >= 4 is 11.3 Å². The monoisotopic (exact) mass is 247 g/mol. The molecule has 90 valence electrons. The quantitative estimate of drug-likeness (QED) is 0.859. The van der Waals surface area contributed by atoms with E-state index in [0.29, 0.717) is 11.8 Å². The van der Waals surface area contributed by atoms with Crippen LogP contribution in [-0.4, -0.2) is 5.11 Å². The average Bonchev–Trinajstić information content (AvgIpc) is 2.83. The Morgan fingerprint density at radius 1 is 1.06 bits per heavy atom. The Balaban J connectivity index is 2.01. The highest BCUT2D eigenvalue weighted by Crippen LogP contribution is 2.23. The van der Waals surface area contributed by atoms with Crippen molar-refractivity contribution in [2.45, 2.75) is 25.9 Å². The van der Waals surface area contributed by atoms with E-state index >= 15 is 0 Å². The second-order valence-electron chi connectivity index (χ2n) is 4.22. The molecule has 2 atom stereocenters. The molecule has 2 N–H and O–H groups in total. The molecule has 2 aromatic rings. The van der Waals surface area contributed by atoms with Gasteiger partial charge in [0.1, 0.15) is 5.75 Å². The van der Waals surface area contributed by atoms with E-state index in [9.17, 15) is 5.11 Å². The molecule has 1 aromatic heterocycles. The van der Waals surface area contributed by atoms with Crippen molar-refractivity contribution in [3.8, 4) is 5.75 Å². The Kier molecular flexibility index (Phi) is 3.82. The first kappa shape index (κ1) is 12.1. The molecule has 0 saturated carbocycles. The summed E-state index contributed by atoms with van der Waals surface area (Å²) in [5.74, 6) is 0.312. The van der Waals surface area contributed by atoms with Crippen LogP contribution in [-0.2, 0) is 0 Å². The van der Waals surface area contributed by atoms with Crippen LogP contribution in [0.4, 0.5) is 0 Å².